The summed E-state index contributed by atoms with van der Waals surface area (Å²) >= 11 is 0. The summed E-state index contributed by atoms with van der Waals surface area (Å²) in [6, 6.07) is 6.80. The number of hydrogen-bond acceptors (Lipinski definition) is 2. The third-order valence-corrected chi connectivity index (χ3v) is 2.52. The van der Waals surface area contributed by atoms with Crippen molar-refractivity contribution in [1.29, 1.82) is 0 Å². The molecular formula is C13H15NO3. The second-order valence-corrected chi connectivity index (χ2v) is 3.68. The number of carbonyl (C=O) groups is 2. The maximum absolute atomic E-state index is 11.2. The van der Waals surface area contributed by atoms with Gasteiger partial charge in [-0.3, -0.25) is 4.79 Å². The SMILES string of the molecule is C=CC(=O)N(C)CCc1ccccc1C(=O)O. The fourth-order valence-electron chi connectivity index (χ4n) is 1.50. The summed E-state index contributed by atoms with van der Waals surface area (Å²) in [6.45, 7) is 3.86. The van der Waals surface area contributed by atoms with E-state index in [1.54, 1.807) is 31.3 Å². The molecule has 4 nitrogen and oxygen atoms in total. The van der Waals surface area contributed by atoms with Gasteiger partial charge in [-0.2, -0.15) is 0 Å². The Morgan fingerprint density at radius 1 is 1.41 bits per heavy atom. The van der Waals surface area contributed by atoms with Gasteiger partial charge < -0.3 is 10.0 Å². The van der Waals surface area contributed by atoms with Crippen LogP contribution in [0, 0.1) is 0 Å². The lowest BCUT2D eigenvalue weighted by atomic mass is 10.0. The number of likely N-dealkylation sites (N-methyl/N-ethyl adjacent to an activating group) is 1. The molecule has 1 aromatic carbocycles. The zero-order valence-corrected chi connectivity index (χ0v) is 9.72. The number of hydrogen-bond donors (Lipinski definition) is 1. The van der Waals surface area contributed by atoms with E-state index in [-0.39, 0.29) is 11.5 Å². The van der Waals surface area contributed by atoms with E-state index in [2.05, 4.69) is 6.58 Å². The molecule has 1 amide bonds. The number of aromatic carboxylic acids is 1. The molecule has 1 N–H and O–H groups in total. The molecule has 90 valence electrons. The van der Waals surface area contributed by atoms with Crippen molar-refractivity contribution in [2.75, 3.05) is 13.6 Å². The van der Waals surface area contributed by atoms with Crippen molar-refractivity contribution in [3.63, 3.8) is 0 Å². The number of rotatable bonds is 5. The van der Waals surface area contributed by atoms with Crippen LogP contribution in [0.2, 0.25) is 0 Å². The first kappa shape index (κ1) is 13.0. The van der Waals surface area contributed by atoms with Crippen LogP contribution < -0.4 is 0 Å². The zero-order chi connectivity index (χ0) is 12.8. The molecule has 0 aliphatic heterocycles. The second-order valence-electron chi connectivity index (χ2n) is 3.68. The van der Waals surface area contributed by atoms with Crippen LogP contribution >= 0.6 is 0 Å². The Labute approximate surface area is 100 Å². The Morgan fingerprint density at radius 2 is 2.06 bits per heavy atom. The summed E-state index contributed by atoms with van der Waals surface area (Å²) < 4.78 is 0. The first-order valence-electron chi connectivity index (χ1n) is 5.25. The van der Waals surface area contributed by atoms with E-state index in [1.807, 2.05) is 0 Å². The van der Waals surface area contributed by atoms with Gasteiger partial charge in [0.15, 0.2) is 0 Å². The monoisotopic (exact) mass is 233 g/mol. The van der Waals surface area contributed by atoms with Gasteiger partial charge in [0.2, 0.25) is 5.91 Å². The summed E-state index contributed by atoms with van der Waals surface area (Å²) in [5, 5.41) is 8.99. The van der Waals surface area contributed by atoms with Crippen LogP contribution in [0.1, 0.15) is 15.9 Å². The molecule has 0 aliphatic rings. The summed E-state index contributed by atoms with van der Waals surface area (Å²) in [6.07, 6.45) is 1.75. The van der Waals surface area contributed by atoms with Crippen molar-refractivity contribution < 1.29 is 14.7 Å². The van der Waals surface area contributed by atoms with E-state index in [4.69, 9.17) is 5.11 Å². The number of benzene rings is 1. The van der Waals surface area contributed by atoms with E-state index < -0.39 is 5.97 Å². The first-order valence-corrected chi connectivity index (χ1v) is 5.25. The summed E-state index contributed by atoms with van der Waals surface area (Å²) in [7, 11) is 1.66. The fourth-order valence-corrected chi connectivity index (χ4v) is 1.50. The van der Waals surface area contributed by atoms with Crippen molar-refractivity contribution in [2.24, 2.45) is 0 Å². The molecule has 1 aromatic rings. The maximum Gasteiger partial charge on any atom is 0.335 e. The summed E-state index contributed by atoms with van der Waals surface area (Å²) in [5.41, 5.74) is 1.01. The highest BCUT2D eigenvalue weighted by molar-refractivity contribution is 5.89. The van der Waals surface area contributed by atoms with E-state index in [1.165, 1.54) is 11.0 Å². The zero-order valence-electron chi connectivity index (χ0n) is 9.72. The number of carboxylic acid groups (broad SMARTS) is 1. The number of amides is 1. The first-order chi connectivity index (χ1) is 8.06. The quantitative estimate of drug-likeness (QED) is 0.785. The maximum atomic E-state index is 11.2. The van der Waals surface area contributed by atoms with Gasteiger partial charge >= 0.3 is 5.97 Å². The predicted octanol–water partition coefficient (Wildman–Crippen LogP) is 1.57. The smallest absolute Gasteiger partial charge is 0.335 e. The highest BCUT2D eigenvalue weighted by Gasteiger charge is 2.10. The molecule has 0 radical (unpaired) electrons. The molecule has 0 aliphatic carbocycles. The van der Waals surface area contributed by atoms with Crippen LogP contribution in [0.3, 0.4) is 0 Å². The third-order valence-electron chi connectivity index (χ3n) is 2.52. The summed E-state index contributed by atoms with van der Waals surface area (Å²) in [5.74, 6) is -1.11. The molecule has 4 heteroatoms. The standard InChI is InChI=1S/C13H15NO3/c1-3-12(15)14(2)9-8-10-6-4-5-7-11(10)13(16)17/h3-7H,1,8-9H2,2H3,(H,16,17). The van der Waals surface area contributed by atoms with Gasteiger partial charge in [-0.15, -0.1) is 0 Å². The highest BCUT2D eigenvalue weighted by Crippen LogP contribution is 2.10. The fraction of sp³-hybridized carbons (Fsp3) is 0.231. The van der Waals surface area contributed by atoms with Crippen LogP contribution in [0.25, 0.3) is 0 Å². The van der Waals surface area contributed by atoms with E-state index in [0.29, 0.717) is 13.0 Å². The lowest BCUT2D eigenvalue weighted by Crippen LogP contribution is -2.27. The molecule has 0 spiro atoms. The number of carbonyl (C=O) groups excluding carboxylic acids is 1. The summed E-state index contributed by atoms with van der Waals surface area (Å²) in [4.78, 5) is 23.7. The van der Waals surface area contributed by atoms with E-state index >= 15 is 0 Å². The Balaban J connectivity index is 2.72. The number of carboxylic acids is 1. The van der Waals surface area contributed by atoms with Crippen molar-refractivity contribution in [3.05, 3.63) is 48.0 Å². The van der Waals surface area contributed by atoms with Crippen molar-refractivity contribution in [3.8, 4) is 0 Å². The van der Waals surface area contributed by atoms with Crippen LogP contribution in [0.15, 0.2) is 36.9 Å². The van der Waals surface area contributed by atoms with Crippen molar-refractivity contribution in [1.82, 2.24) is 4.90 Å². The van der Waals surface area contributed by atoms with Crippen molar-refractivity contribution >= 4 is 11.9 Å². The Bertz CT molecular complexity index is 440. The van der Waals surface area contributed by atoms with Gasteiger partial charge in [-0.25, -0.2) is 4.79 Å². The molecule has 0 aromatic heterocycles. The van der Waals surface area contributed by atoms with Crippen LogP contribution in [0.5, 0.6) is 0 Å². The minimum Gasteiger partial charge on any atom is -0.478 e. The molecule has 17 heavy (non-hydrogen) atoms. The van der Waals surface area contributed by atoms with Crippen LogP contribution in [0.4, 0.5) is 0 Å². The Hall–Kier alpha value is -2.10. The third kappa shape index (κ3) is 3.45. The highest BCUT2D eigenvalue weighted by atomic mass is 16.4. The molecule has 0 saturated heterocycles. The van der Waals surface area contributed by atoms with Gasteiger partial charge in [0.1, 0.15) is 0 Å². The van der Waals surface area contributed by atoms with E-state index in [0.717, 1.165) is 5.56 Å². The molecule has 0 saturated carbocycles. The molecule has 0 unspecified atom stereocenters. The van der Waals surface area contributed by atoms with Gasteiger partial charge in [-0.05, 0) is 24.1 Å². The second kappa shape index (κ2) is 5.84. The normalized spacial score (nSPS) is 9.71. The molecule has 0 heterocycles. The Morgan fingerprint density at radius 3 is 2.65 bits per heavy atom. The van der Waals surface area contributed by atoms with Crippen molar-refractivity contribution in [2.45, 2.75) is 6.42 Å². The lowest BCUT2D eigenvalue weighted by Gasteiger charge is -2.15. The van der Waals surface area contributed by atoms with Crippen LogP contribution in [-0.4, -0.2) is 35.5 Å². The molecular weight excluding hydrogens is 218 g/mol. The Kier molecular flexibility index (Phi) is 4.46. The van der Waals surface area contributed by atoms with Gasteiger partial charge in [-0.1, -0.05) is 24.8 Å². The van der Waals surface area contributed by atoms with E-state index in [9.17, 15) is 9.59 Å². The molecule has 1 rings (SSSR count). The minimum absolute atomic E-state index is 0.169. The van der Waals surface area contributed by atoms with Gasteiger partial charge in [0.05, 0.1) is 5.56 Å². The molecule has 0 bridgehead atoms. The van der Waals surface area contributed by atoms with Gasteiger partial charge in [0, 0.05) is 13.6 Å². The lowest BCUT2D eigenvalue weighted by molar-refractivity contribution is -0.124. The number of nitrogens with zero attached hydrogens (tertiary/aromatic N) is 1. The van der Waals surface area contributed by atoms with Gasteiger partial charge in [0.25, 0.3) is 0 Å². The largest absolute Gasteiger partial charge is 0.478 e. The average Bonchev–Trinajstić information content (AvgIpc) is 2.35. The molecule has 0 atom stereocenters. The predicted molar refractivity (Wildman–Crippen MR) is 64.9 cm³/mol. The average molecular weight is 233 g/mol. The minimum atomic E-state index is -0.946. The topological polar surface area (TPSA) is 57.6 Å². The molecule has 0 fully saturated rings. The van der Waals surface area contributed by atoms with Crippen LogP contribution in [-0.2, 0) is 11.2 Å².